The monoisotopic (exact) mass is 401 g/mol. The molecule has 0 radical (unpaired) electrons. The maximum Gasteiger partial charge on any atom is 0.279 e. The van der Waals surface area contributed by atoms with Gasteiger partial charge in [-0.25, -0.2) is 22.2 Å². The number of carbonyl (C=O) groups excluding carboxylic acids is 1. The summed E-state index contributed by atoms with van der Waals surface area (Å²) in [5, 5.41) is 4.38. The Morgan fingerprint density at radius 2 is 1.72 bits per heavy atom. The van der Waals surface area contributed by atoms with Gasteiger partial charge in [-0.3, -0.25) is 4.79 Å². The molecule has 0 atom stereocenters. The van der Waals surface area contributed by atoms with Crippen molar-refractivity contribution in [3.05, 3.63) is 76.1 Å². The number of anilines is 1. The lowest BCUT2D eigenvalue weighted by atomic mass is 10.1. The second-order valence-electron chi connectivity index (χ2n) is 7.23. The molecular formula is C21H15F4N3O. The predicted octanol–water partition coefficient (Wildman–Crippen LogP) is 4.12. The summed E-state index contributed by atoms with van der Waals surface area (Å²) in [4.78, 5) is 14.6. The minimum Gasteiger partial charge on any atom is -0.306 e. The zero-order valence-corrected chi connectivity index (χ0v) is 15.2. The van der Waals surface area contributed by atoms with E-state index in [2.05, 4.69) is 5.10 Å². The van der Waals surface area contributed by atoms with Crippen LogP contribution in [0.5, 0.6) is 0 Å². The second kappa shape index (κ2) is 6.43. The number of halogens is 4. The van der Waals surface area contributed by atoms with Gasteiger partial charge in [-0.1, -0.05) is 0 Å². The summed E-state index contributed by atoms with van der Waals surface area (Å²) in [6, 6.07) is 5.40. The summed E-state index contributed by atoms with van der Waals surface area (Å²) < 4.78 is 56.2. The van der Waals surface area contributed by atoms with Crippen molar-refractivity contribution in [1.29, 1.82) is 0 Å². The first-order valence-electron chi connectivity index (χ1n) is 9.30. The first kappa shape index (κ1) is 17.9. The third-order valence-electron chi connectivity index (χ3n) is 5.54. The number of fused-ring (bicyclic) bond motifs is 2. The molecule has 1 aliphatic carbocycles. The number of nitrogens with zero attached hydrogens (tertiary/aromatic N) is 3. The van der Waals surface area contributed by atoms with Crippen LogP contribution in [0.2, 0.25) is 0 Å². The number of hydrogen-bond acceptors (Lipinski definition) is 2. The number of hydrogen-bond donors (Lipinski definition) is 0. The van der Waals surface area contributed by atoms with Crippen LogP contribution in [0.25, 0.3) is 5.69 Å². The van der Waals surface area contributed by atoms with E-state index in [4.69, 9.17) is 0 Å². The molecule has 8 heteroatoms. The van der Waals surface area contributed by atoms with Crippen LogP contribution in [-0.4, -0.2) is 22.2 Å². The molecule has 3 aromatic rings. The van der Waals surface area contributed by atoms with E-state index in [-0.39, 0.29) is 17.9 Å². The van der Waals surface area contributed by atoms with Crippen molar-refractivity contribution in [3.8, 4) is 5.69 Å². The fourth-order valence-corrected chi connectivity index (χ4v) is 4.20. The highest BCUT2D eigenvalue weighted by molar-refractivity contribution is 6.07. The molecule has 0 unspecified atom stereocenters. The van der Waals surface area contributed by atoms with Crippen LogP contribution in [0.15, 0.2) is 30.3 Å². The van der Waals surface area contributed by atoms with Crippen LogP contribution in [0.3, 0.4) is 0 Å². The van der Waals surface area contributed by atoms with Gasteiger partial charge in [0.15, 0.2) is 17.3 Å². The zero-order valence-electron chi connectivity index (χ0n) is 15.2. The Hall–Kier alpha value is -3.16. The lowest BCUT2D eigenvalue weighted by Crippen LogP contribution is -2.30. The highest BCUT2D eigenvalue weighted by atomic mass is 19.2. The Morgan fingerprint density at radius 1 is 0.897 bits per heavy atom. The molecule has 0 saturated heterocycles. The largest absolute Gasteiger partial charge is 0.306 e. The van der Waals surface area contributed by atoms with Gasteiger partial charge in [0.25, 0.3) is 5.91 Å². The lowest BCUT2D eigenvalue weighted by Gasteiger charge is -2.17. The average molecular weight is 401 g/mol. The van der Waals surface area contributed by atoms with Crippen molar-refractivity contribution < 1.29 is 22.4 Å². The van der Waals surface area contributed by atoms with Gasteiger partial charge in [0.2, 0.25) is 0 Å². The standard InChI is InChI=1S/C21H15F4N3O/c22-11-8-16(24)13-6-7-27(19(13)9-11)21(29)20-14-2-1-3-18(14)28(26-20)12-4-5-15(23)17(25)10-12/h4-5,8-10H,1-3,6-7H2. The van der Waals surface area contributed by atoms with Gasteiger partial charge in [0.1, 0.15) is 11.6 Å². The van der Waals surface area contributed by atoms with Crippen molar-refractivity contribution in [2.75, 3.05) is 11.4 Å². The Kier molecular flexibility index (Phi) is 3.97. The van der Waals surface area contributed by atoms with Gasteiger partial charge in [0.05, 0.1) is 11.4 Å². The van der Waals surface area contributed by atoms with Crippen molar-refractivity contribution >= 4 is 11.6 Å². The fourth-order valence-electron chi connectivity index (χ4n) is 4.20. The molecule has 1 aliphatic heterocycles. The molecular weight excluding hydrogens is 386 g/mol. The van der Waals surface area contributed by atoms with E-state index in [1.165, 1.54) is 15.6 Å². The van der Waals surface area contributed by atoms with Gasteiger partial charge in [-0.05, 0) is 43.9 Å². The SMILES string of the molecule is O=C(c1nn(-c2ccc(F)c(F)c2)c2c1CCC2)N1CCc2c(F)cc(F)cc21. The van der Waals surface area contributed by atoms with Crippen LogP contribution in [0.4, 0.5) is 23.2 Å². The highest BCUT2D eigenvalue weighted by Gasteiger charge is 2.34. The van der Waals surface area contributed by atoms with Crippen LogP contribution in [-0.2, 0) is 19.3 Å². The van der Waals surface area contributed by atoms with E-state index < -0.39 is 29.2 Å². The Labute approximate surface area is 163 Å². The number of aromatic nitrogens is 2. The summed E-state index contributed by atoms with van der Waals surface area (Å²) in [5.41, 5.74) is 2.52. The number of amides is 1. The highest BCUT2D eigenvalue weighted by Crippen LogP contribution is 2.34. The number of benzene rings is 2. The van der Waals surface area contributed by atoms with Crippen LogP contribution in [0, 0.1) is 23.3 Å². The predicted molar refractivity (Wildman–Crippen MR) is 97.2 cm³/mol. The molecule has 5 rings (SSSR count). The van der Waals surface area contributed by atoms with Gasteiger partial charge in [0, 0.05) is 35.5 Å². The summed E-state index contributed by atoms with van der Waals surface area (Å²) >= 11 is 0. The van der Waals surface area contributed by atoms with Crippen molar-refractivity contribution in [3.63, 3.8) is 0 Å². The first-order valence-corrected chi connectivity index (χ1v) is 9.30. The van der Waals surface area contributed by atoms with Crippen LogP contribution >= 0.6 is 0 Å². The van der Waals surface area contributed by atoms with E-state index in [0.29, 0.717) is 30.5 Å². The van der Waals surface area contributed by atoms with E-state index in [1.54, 1.807) is 0 Å². The summed E-state index contributed by atoms with van der Waals surface area (Å²) in [7, 11) is 0. The Bertz CT molecular complexity index is 1170. The van der Waals surface area contributed by atoms with Gasteiger partial charge >= 0.3 is 0 Å². The molecule has 2 aromatic carbocycles. The molecule has 2 heterocycles. The first-order chi connectivity index (χ1) is 13.9. The normalized spacial score (nSPS) is 15.0. The molecule has 148 valence electrons. The fraction of sp³-hybridized carbons (Fsp3) is 0.238. The minimum atomic E-state index is -1.00. The molecule has 1 aromatic heterocycles. The van der Waals surface area contributed by atoms with Gasteiger partial charge < -0.3 is 4.90 Å². The van der Waals surface area contributed by atoms with Gasteiger partial charge in [-0.15, -0.1) is 0 Å². The Balaban J connectivity index is 1.58. The second-order valence-corrected chi connectivity index (χ2v) is 7.23. The number of carbonyl (C=O) groups is 1. The molecule has 0 saturated carbocycles. The molecule has 4 nitrogen and oxygen atoms in total. The summed E-state index contributed by atoms with van der Waals surface area (Å²) in [6.45, 7) is 0.224. The summed E-state index contributed by atoms with van der Waals surface area (Å²) in [6.07, 6.45) is 2.36. The summed E-state index contributed by atoms with van der Waals surface area (Å²) in [5.74, 6) is -3.84. The Morgan fingerprint density at radius 3 is 2.52 bits per heavy atom. The molecule has 2 aliphatic rings. The van der Waals surface area contributed by atoms with Gasteiger partial charge in [-0.2, -0.15) is 5.10 Å². The molecule has 0 spiro atoms. The molecule has 0 bridgehead atoms. The van der Waals surface area contributed by atoms with E-state index >= 15 is 0 Å². The van der Waals surface area contributed by atoms with Crippen LogP contribution < -0.4 is 4.90 Å². The topological polar surface area (TPSA) is 38.1 Å². The van der Waals surface area contributed by atoms with Crippen molar-refractivity contribution in [2.45, 2.75) is 25.7 Å². The zero-order chi connectivity index (χ0) is 20.3. The third kappa shape index (κ3) is 2.73. The number of rotatable bonds is 2. The quantitative estimate of drug-likeness (QED) is 0.606. The van der Waals surface area contributed by atoms with Crippen LogP contribution in [0.1, 0.15) is 33.7 Å². The van der Waals surface area contributed by atoms with E-state index in [0.717, 1.165) is 41.9 Å². The molecule has 0 N–H and O–H groups in total. The van der Waals surface area contributed by atoms with E-state index in [1.807, 2.05) is 0 Å². The van der Waals surface area contributed by atoms with E-state index in [9.17, 15) is 22.4 Å². The molecule has 1 amide bonds. The molecule has 29 heavy (non-hydrogen) atoms. The average Bonchev–Trinajstić information content (AvgIpc) is 3.38. The van der Waals surface area contributed by atoms with Crippen molar-refractivity contribution in [1.82, 2.24) is 9.78 Å². The smallest absolute Gasteiger partial charge is 0.279 e. The molecule has 0 fully saturated rings. The maximum atomic E-state index is 14.0. The van der Waals surface area contributed by atoms with Crippen molar-refractivity contribution in [2.24, 2.45) is 0 Å². The minimum absolute atomic E-state index is 0.180. The lowest BCUT2D eigenvalue weighted by molar-refractivity contribution is 0.0983. The maximum absolute atomic E-state index is 14.0. The third-order valence-corrected chi connectivity index (χ3v) is 5.54.